The maximum atomic E-state index is 13.1. The van der Waals surface area contributed by atoms with Gasteiger partial charge in [0.15, 0.2) is 0 Å². The summed E-state index contributed by atoms with van der Waals surface area (Å²) in [6.45, 7) is 8.59. The quantitative estimate of drug-likeness (QED) is 0.875. The molecule has 0 saturated carbocycles. The molecule has 1 aliphatic rings. The molecule has 1 heterocycles. The summed E-state index contributed by atoms with van der Waals surface area (Å²) in [6.07, 6.45) is 2.62. The Hall–Kier alpha value is -0.910. The minimum atomic E-state index is -3.41. The van der Waals surface area contributed by atoms with Crippen molar-refractivity contribution in [3.05, 3.63) is 29.8 Å². The van der Waals surface area contributed by atoms with Crippen LogP contribution < -0.4 is 5.32 Å². The van der Waals surface area contributed by atoms with Gasteiger partial charge in [-0.2, -0.15) is 4.31 Å². The molecular weight excluding hydrogens is 296 g/mol. The summed E-state index contributed by atoms with van der Waals surface area (Å²) in [7, 11) is -3.41. The average Bonchev–Trinajstić information content (AvgIpc) is 2.53. The first-order valence-electron chi connectivity index (χ1n) is 8.29. The van der Waals surface area contributed by atoms with Gasteiger partial charge < -0.3 is 5.32 Å². The highest BCUT2D eigenvalue weighted by Crippen LogP contribution is 2.25. The van der Waals surface area contributed by atoms with E-state index in [4.69, 9.17) is 0 Å². The van der Waals surface area contributed by atoms with Crippen molar-refractivity contribution in [1.29, 1.82) is 0 Å². The van der Waals surface area contributed by atoms with Crippen LogP contribution in [0.5, 0.6) is 0 Å². The van der Waals surface area contributed by atoms with Crippen LogP contribution in [0.15, 0.2) is 29.2 Å². The highest BCUT2D eigenvalue weighted by molar-refractivity contribution is 7.89. The van der Waals surface area contributed by atoms with Crippen LogP contribution in [0.2, 0.25) is 0 Å². The lowest BCUT2D eigenvalue weighted by Crippen LogP contribution is -2.46. The second kappa shape index (κ2) is 7.57. The minimum Gasteiger partial charge on any atom is -0.317 e. The summed E-state index contributed by atoms with van der Waals surface area (Å²) >= 11 is 0. The van der Waals surface area contributed by atoms with E-state index in [-0.39, 0.29) is 6.04 Å². The van der Waals surface area contributed by atoms with Gasteiger partial charge in [-0.3, -0.25) is 0 Å². The summed E-state index contributed by atoms with van der Waals surface area (Å²) < 4.78 is 27.9. The van der Waals surface area contributed by atoms with E-state index in [1.807, 2.05) is 25.1 Å². The lowest BCUT2D eigenvalue weighted by molar-refractivity contribution is 0.262. The van der Waals surface area contributed by atoms with Gasteiger partial charge in [0.2, 0.25) is 10.0 Å². The molecule has 0 atom stereocenters. The standard InChI is InChI=1S/C17H28N2O2S/c1-4-12-19(16-8-10-18-11-9-16)22(20,21)17-7-5-6-15(13-17)14(2)3/h5-7,13-14,16,18H,4,8-12H2,1-3H3. The van der Waals surface area contributed by atoms with Gasteiger partial charge in [-0.25, -0.2) is 8.42 Å². The van der Waals surface area contributed by atoms with Crippen LogP contribution in [0.3, 0.4) is 0 Å². The van der Waals surface area contributed by atoms with Crippen molar-refractivity contribution in [3.63, 3.8) is 0 Å². The molecule has 4 nitrogen and oxygen atoms in total. The van der Waals surface area contributed by atoms with E-state index >= 15 is 0 Å². The van der Waals surface area contributed by atoms with Gasteiger partial charge in [0.05, 0.1) is 4.90 Å². The number of sulfonamides is 1. The van der Waals surface area contributed by atoms with Gasteiger partial charge in [0.25, 0.3) is 0 Å². The highest BCUT2D eigenvalue weighted by Gasteiger charge is 2.31. The number of nitrogens with zero attached hydrogens (tertiary/aromatic N) is 1. The van der Waals surface area contributed by atoms with Crippen molar-refractivity contribution in [2.24, 2.45) is 0 Å². The SMILES string of the molecule is CCCN(C1CCNCC1)S(=O)(=O)c1cccc(C(C)C)c1. The molecule has 1 aromatic carbocycles. The molecule has 0 aromatic heterocycles. The summed E-state index contributed by atoms with van der Waals surface area (Å²) in [5.74, 6) is 0.327. The van der Waals surface area contributed by atoms with E-state index in [0.29, 0.717) is 17.4 Å². The molecule has 1 fully saturated rings. The predicted molar refractivity (Wildman–Crippen MR) is 90.6 cm³/mol. The van der Waals surface area contributed by atoms with Crippen LogP contribution in [-0.2, 0) is 10.0 Å². The Morgan fingerprint density at radius 2 is 1.95 bits per heavy atom. The van der Waals surface area contributed by atoms with Crippen LogP contribution >= 0.6 is 0 Å². The molecule has 1 aliphatic heterocycles. The Kier molecular flexibility index (Phi) is 6.01. The summed E-state index contributed by atoms with van der Waals surface area (Å²) in [5, 5.41) is 3.31. The van der Waals surface area contributed by atoms with Gasteiger partial charge in [-0.1, -0.05) is 32.9 Å². The van der Waals surface area contributed by atoms with Crippen molar-refractivity contribution in [2.75, 3.05) is 19.6 Å². The van der Waals surface area contributed by atoms with E-state index in [1.165, 1.54) is 0 Å². The van der Waals surface area contributed by atoms with Crippen LogP contribution in [0.1, 0.15) is 51.5 Å². The molecule has 0 aliphatic carbocycles. The Balaban J connectivity index is 2.33. The molecule has 0 radical (unpaired) electrons. The number of nitrogens with one attached hydrogen (secondary N) is 1. The maximum Gasteiger partial charge on any atom is 0.243 e. The predicted octanol–water partition coefficient (Wildman–Crippen LogP) is 2.96. The molecule has 22 heavy (non-hydrogen) atoms. The zero-order chi connectivity index (χ0) is 16.2. The second-order valence-corrected chi connectivity index (χ2v) is 8.21. The fourth-order valence-corrected chi connectivity index (χ4v) is 4.82. The first kappa shape index (κ1) is 17.4. The smallest absolute Gasteiger partial charge is 0.243 e. The topological polar surface area (TPSA) is 49.4 Å². The van der Waals surface area contributed by atoms with Gasteiger partial charge in [0.1, 0.15) is 0 Å². The second-order valence-electron chi connectivity index (χ2n) is 6.32. The van der Waals surface area contributed by atoms with Crippen molar-refractivity contribution in [2.45, 2.75) is 56.9 Å². The normalized spacial score (nSPS) is 17.3. The molecule has 0 spiro atoms. The Morgan fingerprint density at radius 1 is 1.27 bits per heavy atom. The summed E-state index contributed by atoms with van der Waals surface area (Å²) in [6, 6.07) is 7.54. The monoisotopic (exact) mass is 324 g/mol. The molecule has 2 rings (SSSR count). The third-order valence-electron chi connectivity index (χ3n) is 4.29. The maximum absolute atomic E-state index is 13.1. The van der Waals surface area contributed by atoms with E-state index in [2.05, 4.69) is 19.2 Å². The summed E-state index contributed by atoms with van der Waals surface area (Å²) in [4.78, 5) is 0.436. The van der Waals surface area contributed by atoms with E-state index in [9.17, 15) is 8.42 Å². The van der Waals surface area contributed by atoms with Crippen LogP contribution in [0, 0.1) is 0 Å². The zero-order valence-corrected chi connectivity index (χ0v) is 14.7. The minimum absolute atomic E-state index is 0.119. The molecular formula is C17H28N2O2S. The van der Waals surface area contributed by atoms with E-state index in [0.717, 1.165) is 37.9 Å². The Labute approximate surface area is 135 Å². The third kappa shape index (κ3) is 3.89. The van der Waals surface area contributed by atoms with Crippen molar-refractivity contribution < 1.29 is 8.42 Å². The fraction of sp³-hybridized carbons (Fsp3) is 0.647. The van der Waals surface area contributed by atoms with Gasteiger partial charge in [0, 0.05) is 12.6 Å². The van der Waals surface area contributed by atoms with Gasteiger partial charge in [-0.05, 0) is 56.0 Å². The average molecular weight is 324 g/mol. The largest absolute Gasteiger partial charge is 0.317 e. The number of rotatable bonds is 6. The van der Waals surface area contributed by atoms with Crippen molar-refractivity contribution in [3.8, 4) is 0 Å². The van der Waals surface area contributed by atoms with Gasteiger partial charge >= 0.3 is 0 Å². The van der Waals surface area contributed by atoms with Crippen LogP contribution in [0.25, 0.3) is 0 Å². The first-order valence-corrected chi connectivity index (χ1v) is 9.73. The van der Waals surface area contributed by atoms with E-state index < -0.39 is 10.0 Å². The molecule has 0 unspecified atom stereocenters. The Bertz CT molecular complexity index is 578. The number of hydrogen-bond donors (Lipinski definition) is 1. The zero-order valence-electron chi connectivity index (χ0n) is 13.9. The summed E-state index contributed by atoms with van der Waals surface area (Å²) in [5.41, 5.74) is 1.07. The highest BCUT2D eigenvalue weighted by atomic mass is 32.2. The number of benzene rings is 1. The molecule has 1 aromatic rings. The van der Waals surface area contributed by atoms with Crippen LogP contribution in [0.4, 0.5) is 0 Å². The third-order valence-corrected chi connectivity index (χ3v) is 6.24. The fourth-order valence-electron chi connectivity index (χ4n) is 2.98. The van der Waals surface area contributed by atoms with Crippen molar-refractivity contribution >= 4 is 10.0 Å². The van der Waals surface area contributed by atoms with Crippen molar-refractivity contribution in [1.82, 2.24) is 9.62 Å². The molecule has 1 saturated heterocycles. The first-order chi connectivity index (χ1) is 10.5. The van der Waals surface area contributed by atoms with Crippen LogP contribution in [-0.4, -0.2) is 38.4 Å². The molecule has 0 amide bonds. The number of piperidine rings is 1. The Morgan fingerprint density at radius 3 is 2.55 bits per heavy atom. The molecule has 5 heteroatoms. The molecule has 124 valence electrons. The van der Waals surface area contributed by atoms with Gasteiger partial charge in [-0.15, -0.1) is 0 Å². The molecule has 1 N–H and O–H groups in total. The molecule has 0 bridgehead atoms. The lowest BCUT2D eigenvalue weighted by atomic mass is 10.0. The lowest BCUT2D eigenvalue weighted by Gasteiger charge is -2.33. The van der Waals surface area contributed by atoms with E-state index in [1.54, 1.807) is 10.4 Å². The number of hydrogen-bond acceptors (Lipinski definition) is 3.